The van der Waals surface area contributed by atoms with Gasteiger partial charge in [0.1, 0.15) is 6.04 Å². The Kier molecular flexibility index (Phi) is 7.59. The second kappa shape index (κ2) is 9.99. The molecule has 166 valence electrons. The Hall–Kier alpha value is -2.13. The average Bonchev–Trinajstić information content (AvgIpc) is 2.74. The van der Waals surface area contributed by atoms with Crippen LogP contribution in [0, 0.1) is 6.92 Å². The Balaban J connectivity index is 1.66. The Morgan fingerprint density at radius 1 is 1.13 bits per heavy atom. The lowest BCUT2D eigenvalue weighted by Crippen LogP contribution is -2.48. The van der Waals surface area contributed by atoms with Crippen molar-refractivity contribution in [1.29, 1.82) is 0 Å². The fraction of sp³-hybridized carbons (Fsp3) is 0.333. The van der Waals surface area contributed by atoms with E-state index in [1.165, 1.54) is 24.3 Å². The van der Waals surface area contributed by atoms with Gasteiger partial charge in [0, 0.05) is 11.6 Å². The summed E-state index contributed by atoms with van der Waals surface area (Å²) in [5.74, 6) is -1.35. The first-order chi connectivity index (χ1) is 14.7. The van der Waals surface area contributed by atoms with Crippen LogP contribution in [0.25, 0.3) is 0 Å². The lowest BCUT2D eigenvalue weighted by atomic mass is 10.1. The molecule has 1 atom stereocenters. The highest BCUT2D eigenvalue weighted by atomic mass is 35.5. The van der Waals surface area contributed by atoms with Crippen LogP contribution in [0.3, 0.4) is 0 Å². The van der Waals surface area contributed by atoms with Crippen LogP contribution in [0.5, 0.6) is 0 Å². The van der Waals surface area contributed by atoms with Crippen LogP contribution in [0.1, 0.15) is 24.8 Å². The number of hydrogen-bond donors (Lipinski definition) is 1. The number of halogens is 2. The molecule has 0 aromatic heterocycles. The van der Waals surface area contributed by atoms with Gasteiger partial charge in [-0.3, -0.25) is 9.59 Å². The minimum atomic E-state index is -3.87. The van der Waals surface area contributed by atoms with E-state index in [0.29, 0.717) is 30.0 Å². The van der Waals surface area contributed by atoms with Crippen molar-refractivity contribution in [2.75, 3.05) is 18.5 Å². The Labute approximate surface area is 191 Å². The molecular formula is C21H22Cl2N2O5S. The van der Waals surface area contributed by atoms with Gasteiger partial charge in [-0.1, -0.05) is 40.9 Å². The summed E-state index contributed by atoms with van der Waals surface area (Å²) < 4.78 is 32.4. The molecular weight excluding hydrogens is 463 g/mol. The van der Waals surface area contributed by atoms with Crippen LogP contribution in [0.2, 0.25) is 10.0 Å². The second-order valence-electron chi connectivity index (χ2n) is 7.22. The summed E-state index contributed by atoms with van der Waals surface area (Å²) in [7, 11) is -3.87. The maximum absolute atomic E-state index is 13.1. The van der Waals surface area contributed by atoms with Gasteiger partial charge in [0.15, 0.2) is 6.61 Å². The summed E-state index contributed by atoms with van der Waals surface area (Å²) in [6, 6.07) is 10.0. The highest BCUT2D eigenvalue weighted by Crippen LogP contribution is 2.27. The molecule has 1 fully saturated rings. The van der Waals surface area contributed by atoms with Gasteiger partial charge in [-0.05, 0) is 56.5 Å². The normalized spacial score (nSPS) is 17.2. The average molecular weight is 485 g/mol. The molecule has 10 heteroatoms. The molecule has 0 radical (unpaired) electrons. The van der Waals surface area contributed by atoms with Crippen molar-refractivity contribution in [3.8, 4) is 0 Å². The minimum Gasteiger partial charge on any atom is -0.454 e. The topological polar surface area (TPSA) is 92.8 Å². The van der Waals surface area contributed by atoms with Gasteiger partial charge in [0.25, 0.3) is 5.91 Å². The highest BCUT2D eigenvalue weighted by molar-refractivity contribution is 7.89. The zero-order chi connectivity index (χ0) is 22.6. The molecule has 0 bridgehead atoms. The van der Waals surface area contributed by atoms with E-state index in [-0.39, 0.29) is 16.5 Å². The molecule has 31 heavy (non-hydrogen) atoms. The minimum absolute atomic E-state index is 0.118. The third-order valence-electron chi connectivity index (χ3n) is 4.90. The van der Waals surface area contributed by atoms with Crippen LogP contribution >= 0.6 is 23.2 Å². The van der Waals surface area contributed by atoms with Crippen molar-refractivity contribution in [2.45, 2.75) is 37.1 Å². The fourth-order valence-corrected chi connectivity index (χ4v) is 5.39. The number of carbonyl (C=O) groups excluding carboxylic acids is 2. The van der Waals surface area contributed by atoms with E-state index in [9.17, 15) is 18.0 Å². The molecule has 1 aliphatic rings. The molecule has 1 aliphatic heterocycles. The number of hydrogen-bond acceptors (Lipinski definition) is 5. The molecule has 1 unspecified atom stereocenters. The van der Waals surface area contributed by atoms with Crippen molar-refractivity contribution in [3.05, 3.63) is 58.1 Å². The van der Waals surface area contributed by atoms with Crippen LogP contribution in [-0.4, -0.2) is 43.8 Å². The fourth-order valence-electron chi connectivity index (χ4n) is 3.28. The quantitative estimate of drug-likeness (QED) is 0.624. The SMILES string of the molecule is Cc1ccc(S(=O)(=O)N2CCCCC2C(=O)OCC(=O)Nc2ccc(Cl)cc2Cl)cc1. The Bertz CT molecular complexity index is 1070. The number of esters is 1. The lowest BCUT2D eigenvalue weighted by molar-refractivity contribution is -0.152. The number of anilines is 1. The number of ether oxygens (including phenoxy) is 1. The first kappa shape index (κ1) is 23.5. The van der Waals surface area contributed by atoms with Crippen molar-refractivity contribution in [1.82, 2.24) is 4.31 Å². The van der Waals surface area contributed by atoms with E-state index >= 15 is 0 Å². The summed E-state index contributed by atoms with van der Waals surface area (Å²) in [5.41, 5.74) is 1.26. The first-order valence-electron chi connectivity index (χ1n) is 9.68. The van der Waals surface area contributed by atoms with E-state index in [2.05, 4.69) is 5.32 Å². The monoisotopic (exact) mass is 484 g/mol. The van der Waals surface area contributed by atoms with E-state index in [4.69, 9.17) is 27.9 Å². The molecule has 2 aromatic rings. The van der Waals surface area contributed by atoms with Crippen LogP contribution in [0.15, 0.2) is 47.4 Å². The molecule has 0 saturated carbocycles. The number of nitrogens with one attached hydrogen (secondary N) is 1. The van der Waals surface area contributed by atoms with Crippen LogP contribution in [0.4, 0.5) is 5.69 Å². The summed E-state index contributed by atoms with van der Waals surface area (Å²) in [4.78, 5) is 24.9. The predicted octanol–water partition coefficient (Wildman–Crippen LogP) is 4.03. The van der Waals surface area contributed by atoms with Gasteiger partial charge in [0.2, 0.25) is 10.0 Å². The van der Waals surface area contributed by atoms with Gasteiger partial charge in [-0.15, -0.1) is 0 Å². The summed E-state index contributed by atoms with van der Waals surface area (Å²) in [6.07, 6.45) is 1.66. The second-order valence-corrected chi connectivity index (χ2v) is 9.95. The molecule has 0 aliphatic carbocycles. The van der Waals surface area contributed by atoms with Crippen molar-refractivity contribution in [2.24, 2.45) is 0 Å². The first-order valence-corrected chi connectivity index (χ1v) is 11.9. The summed E-state index contributed by atoms with van der Waals surface area (Å²) in [6.45, 7) is 1.51. The third kappa shape index (κ3) is 5.77. The maximum Gasteiger partial charge on any atom is 0.324 e. The number of piperidine rings is 1. The molecule has 1 heterocycles. The van der Waals surface area contributed by atoms with Crippen molar-refractivity contribution >= 4 is 50.8 Å². The number of nitrogens with zero attached hydrogens (tertiary/aromatic N) is 1. The largest absolute Gasteiger partial charge is 0.454 e. The molecule has 3 rings (SSSR count). The molecule has 2 aromatic carbocycles. The molecule has 7 nitrogen and oxygen atoms in total. The van der Waals surface area contributed by atoms with Gasteiger partial charge in [0.05, 0.1) is 15.6 Å². The maximum atomic E-state index is 13.1. The number of rotatable bonds is 6. The smallest absolute Gasteiger partial charge is 0.324 e. The number of sulfonamides is 1. The summed E-state index contributed by atoms with van der Waals surface area (Å²) in [5, 5.41) is 3.19. The van der Waals surface area contributed by atoms with Crippen molar-refractivity contribution in [3.63, 3.8) is 0 Å². The lowest BCUT2D eigenvalue weighted by Gasteiger charge is -2.33. The van der Waals surface area contributed by atoms with Gasteiger partial charge in [-0.2, -0.15) is 4.31 Å². The van der Waals surface area contributed by atoms with E-state index in [1.54, 1.807) is 18.2 Å². The molecule has 0 spiro atoms. The Morgan fingerprint density at radius 3 is 2.52 bits per heavy atom. The zero-order valence-electron chi connectivity index (χ0n) is 16.8. The standard InChI is InChI=1S/C21H22Cl2N2O5S/c1-14-5-8-16(9-6-14)31(28,29)25-11-3-2-4-19(25)21(27)30-13-20(26)24-18-10-7-15(22)12-17(18)23/h5-10,12,19H,2-4,11,13H2,1H3,(H,24,26). The van der Waals surface area contributed by atoms with Crippen molar-refractivity contribution < 1.29 is 22.7 Å². The van der Waals surface area contributed by atoms with Crippen LogP contribution < -0.4 is 5.32 Å². The predicted molar refractivity (Wildman–Crippen MR) is 119 cm³/mol. The van der Waals surface area contributed by atoms with Gasteiger partial charge >= 0.3 is 5.97 Å². The van der Waals surface area contributed by atoms with Gasteiger partial charge in [-0.25, -0.2) is 8.42 Å². The third-order valence-corrected chi connectivity index (χ3v) is 7.37. The number of carbonyl (C=O) groups is 2. The molecule has 1 N–H and O–H groups in total. The van der Waals surface area contributed by atoms with Crippen LogP contribution in [-0.2, 0) is 24.3 Å². The van der Waals surface area contributed by atoms with Gasteiger partial charge < -0.3 is 10.1 Å². The van der Waals surface area contributed by atoms with E-state index < -0.39 is 34.5 Å². The van der Waals surface area contributed by atoms with E-state index in [0.717, 1.165) is 9.87 Å². The number of aryl methyl sites for hydroxylation is 1. The molecule has 1 saturated heterocycles. The van der Waals surface area contributed by atoms with E-state index in [1.807, 2.05) is 6.92 Å². The zero-order valence-corrected chi connectivity index (χ0v) is 19.1. The highest BCUT2D eigenvalue weighted by Gasteiger charge is 2.38. The summed E-state index contributed by atoms with van der Waals surface area (Å²) >= 11 is 11.8. The molecule has 1 amide bonds. The Morgan fingerprint density at radius 2 is 1.84 bits per heavy atom. The number of benzene rings is 2. The number of amides is 1.